The van der Waals surface area contributed by atoms with Gasteiger partial charge in [-0.15, -0.1) is 0 Å². The number of nitrogens with one attached hydrogen (secondary N) is 1. The highest BCUT2D eigenvalue weighted by molar-refractivity contribution is 5.92. The number of hydrogen-bond donors (Lipinski definition) is 1. The molecule has 0 saturated heterocycles. The van der Waals surface area contributed by atoms with E-state index in [2.05, 4.69) is 0 Å². The van der Waals surface area contributed by atoms with Crippen LogP contribution in [0.3, 0.4) is 0 Å². The fourth-order valence-electron chi connectivity index (χ4n) is 2.49. The fourth-order valence-corrected chi connectivity index (χ4v) is 2.49. The van der Waals surface area contributed by atoms with Crippen molar-refractivity contribution in [3.05, 3.63) is 59.7 Å². The molecule has 0 aromatic heterocycles. The van der Waals surface area contributed by atoms with Gasteiger partial charge in [0.2, 0.25) is 5.91 Å². The topological polar surface area (TPSA) is 56.8 Å². The molecule has 5 nitrogen and oxygen atoms in total. The second-order valence-corrected chi connectivity index (χ2v) is 5.71. The Labute approximate surface area is 160 Å². The first-order valence-corrected chi connectivity index (χ1v) is 8.19. The molecule has 0 aliphatic rings. The summed E-state index contributed by atoms with van der Waals surface area (Å²) in [4.78, 5) is 12.1. The van der Waals surface area contributed by atoms with Crippen molar-refractivity contribution in [2.75, 3.05) is 21.3 Å². The first kappa shape index (κ1) is 21.1. The molecule has 28 heavy (non-hydrogen) atoms. The number of carbonyl (C=O) groups excluding carboxylic acids is 1. The fraction of sp³-hybridized carbons (Fsp3) is 0.250. The lowest BCUT2D eigenvalue weighted by Crippen LogP contribution is -2.37. The second-order valence-electron chi connectivity index (χ2n) is 5.71. The van der Waals surface area contributed by atoms with Gasteiger partial charge in [-0.25, -0.2) is 0 Å². The van der Waals surface area contributed by atoms with Crippen LogP contribution in [0.25, 0.3) is 6.08 Å². The molecule has 0 aliphatic carbocycles. The number of alkyl halides is 3. The van der Waals surface area contributed by atoms with E-state index < -0.39 is 18.1 Å². The minimum atomic E-state index is -4.70. The second kappa shape index (κ2) is 9.16. The van der Waals surface area contributed by atoms with E-state index in [1.54, 1.807) is 24.3 Å². The van der Waals surface area contributed by atoms with Crippen LogP contribution in [-0.2, 0) is 4.79 Å². The standard InChI is InChI=1S/C20H20F3NO4/c1-26-15-6-4-5-13(11-15)7-10-18(25)24-19(20(21,22)23)14-8-9-16(27-2)17(12-14)28-3/h4-12,19H,1-3H3,(H,24,25)/b10-7-/t19-/m1/s1. The van der Waals surface area contributed by atoms with E-state index >= 15 is 0 Å². The van der Waals surface area contributed by atoms with Crippen LogP contribution in [0.2, 0.25) is 0 Å². The van der Waals surface area contributed by atoms with Crippen LogP contribution in [0.1, 0.15) is 17.2 Å². The van der Waals surface area contributed by atoms with Crippen LogP contribution in [0.15, 0.2) is 48.5 Å². The third-order valence-corrected chi connectivity index (χ3v) is 3.88. The van der Waals surface area contributed by atoms with Crippen molar-refractivity contribution in [3.63, 3.8) is 0 Å². The molecule has 1 atom stereocenters. The molecule has 0 fully saturated rings. The van der Waals surface area contributed by atoms with E-state index in [9.17, 15) is 18.0 Å². The summed E-state index contributed by atoms with van der Waals surface area (Å²) in [7, 11) is 4.19. The smallest absolute Gasteiger partial charge is 0.412 e. The lowest BCUT2D eigenvalue weighted by atomic mass is 10.1. The van der Waals surface area contributed by atoms with E-state index in [0.717, 1.165) is 6.08 Å². The van der Waals surface area contributed by atoms with Crippen LogP contribution in [-0.4, -0.2) is 33.4 Å². The maximum absolute atomic E-state index is 13.5. The first-order chi connectivity index (χ1) is 13.3. The maximum atomic E-state index is 13.5. The Morgan fingerprint density at radius 3 is 2.32 bits per heavy atom. The van der Waals surface area contributed by atoms with E-state index in [-0.39, 0.29) is 17.1 Å². The third-order valence-electron chi connectivity index (χ3n) is 3.88. The summed E-state index contributed by atoms with van der Waals surface area (Å²) in [6, 6.07) is 8.34. The van der Waals surface area contributed by atoms with Crippen molar-refractivity contribution in [2.24, 2.45) is 0 Å². The van der Waals surface area contributed by atoms with E-state index in [1.807, 2.05) is 5.32 Å². The van der Waals surface area contributed by atoms with Gasteiger partial charge in [-0.3, -0.25) is 4.79 Å². The lowest BCUT2D eigenvalue weighted by Gasteiger charge is -2.22. The minimum absolute atomic E-state index is 0.135. The molecule has 0 heterocycles. The number of rotatable bonds is 7. The van der Waals surface area contributed by atoms with Gasteiger partial charge in [0.1, 0.15) is 5.75 Å². The Bertz CT molecular complexity index is 850. The van der Waals surface area contributed by atoms with Crippen LogP contribution in [0.4, 0.5) is 13.2 Å². The molecule has 0 saturated carbocycles. The molecule has 0 bridgehead atoms. The Morgan fingerprint density at radius 1 is 1.00 bits per heavy atom. The van der Waals surface area contributed by atoms with Crippen molar-refractivity contribution in [3.8, 4) is 17.2 Å². The molecule has 0 unspecified atom stereocenters. The van der Waals surface area contributed by atoms with Gasteiger partial charge in [0.25, 0.3) is 0 Å². The monoisotopic (exact) mass is 395 g/mol. The van der Waals surface area contributed by atoms with Crippen LogP contribution < -0.4 is 19.5 Å². The predicted molar refractivity (Wildman–Crippen MR) is 98.5 cm³/mol. The molecule has 0 aliphatic heterocycles. The SMILES string of the molecule is COc1cccc(/C=C\C(=O)N[C@H](c2ccc(OC)c(OC)c2)C(F)(F)F)c1. The highest BCUT2D eigenvalue weighted by Crippen LogP contribution is 2.37. The van der Waals surface area contributed by atoms with Gasteiger partial charge < -0.3 is 19.5 Å². The van der Waals surface area contributed by atoms with E-state index in [4.69, 9.17) is 14.2 Å². The number of amides is 1. The zero-order valence-corrected chi connectivity index (χ0v) is 15.5. The molecular formula is C20H20F3NO4. The highest BCUT2D eigenvalue weighted by Gasteiger charge is 2.42. The quantitative estimate of drug-likeness (QED) is 0.716. The number of carbonyl (C=O) groups is 1. The first-order valence-electron chi connectivity index (χ1n) is 8.19. The van der Waals surface area contributed by atoms with Crippen molar-refractivity contribution in [1.29, 1.82) is 0 Å². The molecule has 1 amide bonds. The van der Waals surface area contributed by atoms with E-state index in [0.29, 0.717) is 11.3 Å². The number of methoxy groups -OCH3 is 3. The minimum Gasteiger partial charge on any atom is -0.497 e. The molecule has 2 rings (SSSR count). The van der Waals surface area contributed by atoms with Gasteiger partial charge in [-0.05, 0) is 41.5 Å². The van der Waals surface area contributed by atoms with E-state index in [1.165, 1.54) is 45.6 Å². The van der Waals surface area contributed by atoms with Gasteiger partial charge in [-0.1, -0.05) is 18.2 Å². The average molecular weight is 395 g/mol. The van der Waals surface area contributed by atoms with Gasteiger partial charge in [0.15, 0.2) is 17.5 Å². The Balaban J connectivity index is 2.22. The van der Waals surface area contributed by atoms with Crippen LogP contribution in [0.5, 0.6) is 17.2 Å². The van der Waals surface area contributed by atoms with Gasteiger partial charge in [0, 0.05) is 6.08 Å². The summed E-state index contributed by atoms with van der Waals surface area (Å²) in [5, 5.41) is 1.98. The van der Waals surface area contributed by atoms with Gasteiger partial charge in [0.05, 0.1) is 21.3 Å². The number of hydrogen-bond acceptors (Lipinski definition) is 4. The Morgan fingerprint density at radius 2 is 1.71 bits per heavy atom. The summed E-state index contributed by atoms with van der Waals surface area (Å²) >= 11 is 0. The summed E-state index contributed by atoms with van der Waals surface area (Å²) in [6.07, 6.45) is -2.26. The van der Waals surface area contributed by atoms with Gasteiger partial charge >= 0.3 is 6.18 Å². The number of benzene rings is 2. The molecule has 2 aromatic rings. The summed E-state index contributed by atoms with van der Waals surface area (Å²) < 4.78 is 55.7. The zero-order chi connectivity index (χ0) is 20.7. The number of ether oxygens (including phenoxy) is 3. The average Bonchev–Trinajstić information content (AvgIpc) is 2.69. The largest absolute Gasteiger partial charge is 0.497 e. The molecule has 2 aromatic carbocycles. The van der Waals surface area contributed by atoms with Crippen molar-refractivity contribution >= 4 is 12.0 Å². The zero-order valence-electron chi connectivity index (χ0n) is 15.5. The molecule has 0 radical (unpaired) electrons. The third kappa shape index (κ3) is 5.42. The van der Waals surface area contributed by atoms with Crippen LogP contribution in [0, 0.1) is 0 Å². The maximum Gasteiger partial charge on any atom is 0.412 e. The highest BCUT2D eigenvalue weighted by atomic mass is 19.4. The van der Waals surface area contributed by atoms with Crippen LogP contribution >= 0.6 is 0 Å². The molecule has 150 valence electrons. The Hall–Kier alpha value is -3.16. The molecule has 8 heteroatoms. The van der Waals surface area contributed by atoms with Crippen molar-refractivity contribution < 1.29 is 32.2 Å². The Kier molecular flexibility index (Phi) is 6.92. The van der Waals surface area contributed by atoms with Crippen molar-refractivity contribution in [1.82, 2.24) is 5.32 Å². The lowest BCUT2D eigenvalue weighted by molar-refractivity contribution is -0.162. The number of halogens is 3. The van der Waals surface area contributed by atoms with Crippen molar-refractivity contribution in [2.45, 2.75) is 12.2 Å². The summed E-state index contributed by atoms with van der Waals surface area (Å²) in [5.74, 6) is 0.104. The summed E-state index contributed by atoms with van der Waals surface area (Å²) in [5.41, 5.74) is 0.442. The molecular weight excluding hydrogens is 375 g/mol. The molecule has 0 spiro atoms. The summed E-state index contributed by atoms with van der Waals surface area (Å²) in [6.45, 7) is 0. The normalized spacial score (nSPS) is 12.5. The molecule has 1 N–H and O–H groups in total. The predicted octanol–water partition coefficient (Wildman–Crippen LogP) is 4.15. The van der Waals surface area contributed by atoms with Gasteiger partial charge in [-0.2, -0.15) is 13.2 Å².